The second-order valence-corrected chi connectivity index (χ2v) is 8.95. The Morgan fingerprint density at radius 3 is 2.41 bits per heavy atom. The molecule has 1 amide bonds. The van der Waals surface area contributed by atoms with Crippen LogP contribution in [0.15, 0.2) is 66.9 Å². The van der Waals surface area contributed by atoms with E-state index in [0.717, 1.165) is 25.9 Å². The van der Waals surface area contributed by atoms with Gasteiger partial charge in [-0.1, -0.05) is 12.1 Å². The van der Waals surface area contributed by atoms with Crippen molar-refractivity contribution in [1.82, 2.24) is 24.8 Å². The summed E-state index contributed by atoms with van der Waals surface area (Å²) >= 11 is 0. The number of anilines is 2. The molecule has 1 saturated heterocycles. The molecule has 0 saturated carbocycles. The molecule has 0 radical (unpaired) electrons. The van der Waals surface area contributed by atoms with Crippen LogP contribution in [0.3, 0.4) is 0 Å². The summed E-state index contributed by atoms with van der Waals surface area (Å²) < 4.78 is 42.9. The van der Waals surface area contributed by atoms with Crippen molar-refractivity contribution in [2.75, 3.05) is 25.5 Å². The van der Waals surface area contributed by atoms with Crippen molar-refractivity contribution >= 4 is 23.2 Å². The Balaban J connectivity index is 1.28. The number of nitrogens with zero attached hydrogens (tertiary/aromatic N) is 4. The Labute approximate surface area is 211 Å². The summed E-state index contributed by atoms with van der Waals surface area (Å²) in [5, 5.41) is 10.7. The topological polar surface area (TPSA) is 83.8 Å². The fraction of sp³-hybridized carbons (Fsp3) is 0.269. The SMILES string of the molecule is CN1CCC(NC(=O)c2ccc(Nc3nc4c(-c5ccc(OC(F)(F)F)cc5)cccn4n3)cc2)CC1. The number of hydrogen-bond acceptors (Lipinski definition) is 6. The first-order valence-electron chi connectivity index (χ1n) is 11.8. The first-order valence-corrected chi connectivity index (χ1v) is 11.8. The smallest absolute Gasteiger partial charge is 0.406 e. The van der Waals surface area contributed by atoms with Gasteiger partial charge in [0.15, 0.2) is 5.65 Å². The molecule has 2 N–H and O–H groups in total. The summed E-state index contributed by atoms with van der Waals surface area (Å²) in [4.78, 5) is 19.4. The van der Waals surface area contributed by atoms with Crippen molar-refractivity contribution in [2.24, 2.45) is 0 Å². The molecule has 0 unspecified atom stereocenters. The van der Waals surface area contributed by atoms with E-state index in [4.69, 9.17) is 0 Å². The molecule has 0 bridgehead atoms. The lowest BCUT2D eigenvalue weighted by atomic mass is 10.0. The molecule has 1 aliphatic rings. The lowest BCUT2D eigenvalue weighted by molar-refractivity contribution is -0.274. The minimum absolute atomic E-state index is 0.0942. The number of benzene rings is 2. The van der Waals surface area contributed by atoms with E-state index in [2.05, 4.69) is 37.4 Å². The second-order valence-electron chi connectivity index (χ2n) is 8.95. The van der Waals surface area contributed by atoms with Gasteiger partial charge in [0.25, 0.3) is 5.91 Å². The van der Waals surface area contributed by atoms with E-state index in [9.17, 15) is 18.0 Å². The Bertz CT molecular complexity index is 1380. The van der Waals surface area contributed by atoms with E-state index in [0.29, 0.717) is 34.0 Å². The normalized spacial score (nSPS) is 15.0. The molecule has 1 aliphatic heterocycles. The zero-order valence-corrected chi connectivity index (χ0v) is 20.0. The number of piperidine rings is 1. The molecule has 2 aromatic carbocycles. The number of alkyl halides is 3. The van der Waals surface area contributed by atoms with Gasteiger partial charge in [-0.3, -0.25) is 4.79 Å². The molecule has 37 heavy (non-hydrogen) atoms. The molecule has 192 valence electrons. The Kier molecular flexibility index (Phi) is 6.70. The highest BCUT2D eigenvalue weighted by Crippen LogP contribution is 2.29. The zero-order valence-electron chi connectivity index (χ0n) is 20.0. The summed E-state index contributed by atoms with van der Waals surface area (Å²) in [6.07, 6.45) is -1.14. The monoisotopic (exact) mass is 510 g/mol. The number of hydrogen-bond donors (Lipinski definition) is 2. The highest BCUT2D eigenvalue weighted by molar-refractivity contribution is 5.94. The highest BCUT2D eigenvalue weighted by atomic mass is 19.4. The number of nitrogens with one attached hydrogen (secondary N) is 2. The van der Waals surface area contributed by atoms with Crippen LogP contribution < -0.4 is 15.4 Å². The number of rotatable bonds is 6. The maximum Gasteiger partial charge on any atom is 0.573 e. The zero-order chi connectivity index (χ0) is 26.0. The lowest BCUT2D eigenvalue weighted by Gasteiger charge is -2.29. The fourth-order valence-electron chi connectivity index (χ4n) is 4.28. The molecule has 2 aromatic heterocycles. The van der Waals surface area contributed by atoms with Crippen LogP contribution in [0, 0.1) is 0 Å². The molecule has 5 rings (SSSR count). The van der Waals surface area contributed by atoms with Crippen molar-refractivity contribution in [3.05, 3.63) is 72.4 Å². The van der Waals surface area contributed by atoms with Crippen molar-refractivity contribution in [3.63, 3.8) is 0 Å². The van der Waals surface area contributed by atoms with Crippen LogP contribution in [0.25, 0.3) is 16.8 Å². The van der Waals surface area contributed by atoms with E-state index in [1.807, 2.05) is 6.07 Å². The third kappa shape index (κ3) is 6.00. The van der Waals surface area contributed by atoms with Crippen LogP contribution in [0.2, 0.25) is 0 Å². The van der Waals surface area contributed by atoms with Crippen LogP contribution in [-0.4, -0.2) is 57.9 Å². The van der Waals surface area contributed by atoms with Crippen molar-refractivity contribution in [2.45, 2.75) is 25.2 Å². The quantitative estimate of drug-likeness (QED) is 0.386. The number of fused-ring (bicyclic) bond motifs is 1. The van der Waals surface area contributed by atoms with Gasteiger partial charge in [-0.2, -0.15) is 4.98 Å². The van der Waals surface area contributed by atoms with Gasteiger partial charge >= 0.3 is 6.36 Å². The third-order valence-electron chi connectivity index (χ3n) is 6.22. The van der Waals surface area contributed by atoms with Crippen LogP contribution in [0.4, 0.5) is 24.8 Å². The Hall–Kier alpha value is -4.12. The van der Waals surface area contributed by atoms with Crippen LogP contribution in [0.5, 0.6) is 5.75 Å². The molecule has 3 heterocycles. The van der Waals surface area contributed by atoms with Crippen LogP contribution >= 0.6 is 0 Å². The summed E-state index contributed by atoms with van der Waals surface area (Å²) in [7, 11) is 2.08. The standard InChI is InChI=1S/C26H25F3N6O2/c1-34-15-12-20(13-16-34)30-24(36)18-4-8-19(9-5-18)31-25-32-23-22(3-2-14-35(23)33-25)17-6-10-21(11-7-17)37-26(27,28)29/h2-11,14,20H,12-13,15-16H2,1H3,(H,30,36)(H,31,33). The minimum atomic E-state index is -4.75. The predicted octanol–water partition coefficient (Wildman–Crippen LogP) is 4.86. The van der Waals surface area contributed by atoms with E-state index in [1.54, 1.807) is 41.0 Å². The summed E-state index contributed by atoms with van der Waals surface area (Å²) in [5.41, 5.74) is 3.18. The molecule has 1 fully saturated rings. The van der Waals surface area contributed by atoms with Gasteiger partial charge < -0.3 is 20.3 Å². The second kappa shape index (κ2) is 10.1. The number of pyridine rings is 1. The summed E-state index contributed by atoms with van der Waals surface area (Å²) in [5.74, 6) is -0.0493. The Morgan fingerprint density at radius 2 is 1.73 bits per heavy atom. The molecule has 11 heteroatoms. The molecular formula is C26H25F3N6O2. The largest absolute Gasteiger partial charge is 0.573 e. The molecular weight excluding hydrogens is 485 g/mol. The van der Waals surface area contributed by atoms with E-state index < -0.39 is 6.36 Å². The van der Waals surface area contributed by atoms with Crippen LogP contribution in [0.1, 0.15) is 23.2 Å². The minimum Gasteiger partial charge on any atom is -0.406 e. The highest BCUT2D eigenvalue weighted by Gasteiger charge is 2.31. The van der Waals surface area contributed by atoms with Gasteiger partial charge in [0.05, 0.1) is 0 Å². The van der Waals surface area contributed by atoms with Crippen molar-refractivity contribution < 1.29 is 22.7 Å². The van der Waals surface area contributed by atoms with E-state index in [-0.39, 0.29) is 17.7 Å². The number of amides is 1. The number of aromatic nitrogens is 3. The summed E-state index contributed by atoms with van der Waals surface area (Å²) in [6, 6.07) is 16.4. The number of halogens is 3. The van der Waals surface area contributed by atoms with Crippen molar-refractivity contribution in [3.8, 4) is 16.9 Å². The average molecular weight is 511 g/mol. The van der Waals surface area contributed by atoms with Gasteiger partial charge in [0, 0.05) is 29.1 Å². The predicted molar refractivity (Wildman–Crippen MR) is 133 cm³/mol. The molecule has 0 atom stereocenters. The first-order chi connectivity index (χ1) is 17.7. The number of likely N-dealkylation sites (tertiary alicyclic amines) is 1. The van der Waals surface area contributed by atoms with Crippen LogP contribution in [-0.2, 0) is 0 Å². The fourth-order valence-corrected chi connectivity index (χ4v) is 4.28. The number of carbonyl (C=O) groups excluding carboxylic acids is 1. The van der Waals surface area contributed by atoms with Gasteiger partial charge in [0.2, 0.25) is 5.95 Å². The number of carbonyl (C=O) groups is 1. The summed E-state index contributed by atoms with van der Waals surface area (Å²) in [6.45, 7) is 1.94. The van der Waals surface area contributed by atoms with E-state index in [1.165, 1.54) is 24.3 Å². The number of ether oxygens (including phenoxy) is 1. The third-order valence-corrected chi connectivity index (χ3v) is 6.22. The van der Waals surface area contributed by atoms with Gasteiger partial charge in [-0.05, 0) is 87.1 Å². The van der Waals surface area contributed by atoms with Gasteiger partial charge in [0.1, 0.15) is 5.75 Å². The molecule has 8 nitrogen and oxygen atoms in total. The Morgan fingerprint density at radius 1 is 1.03 bits per heavy atom. The average Bonchev–Trinajstić information content (AvgIpc) is 3.28. The van der Waals surface area contributed by atoms with E-state index >= 15 is 0 Å². The lowest BCUT2D eigenvalue weighted by Crippen LogP contribution is -2.43. The maximum atomic E-state index is 12.6. The molecule has 0 aliphatic carbocycles. The van der Waals surface area contributed by atoms with Crippen molar-refractivity contribution in [1.29, 1.82) is 0 Å². The molecule has 4 aromatic rings. The molecule has 0 spiro atoms. The maximum absolute atomic E-state index is 12.6. The van der Waals surface area contributed by atoms with Gasteiger partial charge in [-0.15, -0.1) is 18.3 Å². The van der Waals surface area contributed by atoms with Gasteiger partial charge in [-0.25, -0.2) is 4.52 Å². The first kappa shape index (κ1) is 24.6.